The van der Waals surface area contributed by atoms with E-state index in [0.29, 0.717) is 52.0 Å². The van der Waals surface area contributed by atoms with Gasteiger partial charge in [-0.2, -0.15) is 0 Å². The van der Waals surface area contributed by atoms with Crippen molar-refractivity contribution in [1.29, 1.82) is 0 Å². The van der Waals surface area contributed by atoms with Crippen molar-refractivity contribution in [2.24, 2.45) is 0 Å². The minimum atomic E-state index is -2.69. The van der Waals surface area contributed by atoms with Gasteiger partial charge in [0.15, 0.2) is 0 Å². The molecule has 0 bridgehead atoms. The van der Waals surface area contributed by atoms with E-state index in [2.05, 4.69) is 4.98 Å². The van der Waals surface area contributed by atoms with Crippen molar-refractivity contribution in [1.82, 2.24) is 4.98 Å². The van der Waals surface area contributed by atoms with Gasteiger partial charge in [-0.05, 0) is 102 Å². The maximum Gasteiger partial charge on any atom is 0.144 e. The molecule has 2 heteroatoms. The number of pyridine rings is 1. The van der Waals surface area contributed by atoms with Gasteiger partial charge in [-0.3, -0.25) is 4.98 Å². The number of nitrogens with zero attached hydrogens (tertiary/aromatic N) is 1. The van der Waals surface area contributed by atoms with E-state index < -0.39 is 26.4 Å². The van der Waals surface area contributed by atoms with Crippen molar-refractivity contribution >= 4 is 21.9 Å². The summed E-state index contributed by atoms with van der Waals surface area (Å²) in [6.45, 7) is -7.83. The molecule has 2 aromatic heterocycles. The van der Waals surface area contributed by atoms with Crippen LogP contribution < -0.4 is 0 Å². The van der Waals surface area contributed by atoms with Crippen LogP contribution in [0.25, 0.3) is 55.4 Å². The van der Waals surface area contributed by atoms with Gasteiger partial charge in [-0.1, -0.05) is 79.6 Å². The molecule has 7 rings (SSSR count). The van der Waals surface area contributed by atoms with Gasteiger partial charge in [0.1, 0.15) is 11.2 Å². The number of hydrogen-bond donors (Lipinski definition) is 0. The smallest absolute Gasteiger partial charge is 0.144 e. The molecule has 0 atom stereocenters. The van der Waals surface area contributed by atoms with Crippen LogP contribution in [0.5, 0.6) is 0 Å². The summed E-state index contributed by atoms with van der Waals surface area (Å²) in [6.07, 6.45) is 4.37. The van der Waals surface area contributed by atoms with Crippen molar-refractivity contribution < 1.29 is 18.1 Å². The average Bonchev–Trinajstić information content (AvgIpc) is 3.67. The second-order valence-corrected chi connectivity index (χ2v) is 10.2. The topological polar surface area (TPSA) is 26.0 Å². The van der Waals surface area contributed by atoms with Crippen molar-refractivity contribution in [3.8, 4) is 33.5 Å². The molecule has 1 fully saturated rings. The van der Waals surface area contributed by atoms with Crippen LogP contribution in [0.1, 0.15) is 67.5 Å². The molecular formula is C37H33NO. The third-order valence-corrected chi connectivity index (χ3v) is 7.84. The number of aryl methyl sites for hydroxylation is 3. The van der Waals surface area contributed by atoms with E-state index in [1.807, 2.05) is 42.5 Å². The Bertz CT molecular complexity index is 2220. The summed E-state index contributed by atoms with van der Waals surface area (Å²) in [4.78, 5) is 4.53. The molecule has 0 spiro atoms. The maximum atomic E-state index is 8.94. The van der Waals surface area contributed by atoms with E-state index in [4.69, 9.17) is 18.1 Å². The Morgan fingerprint density at radius 1 is 0.718 bits per heavy atom. The second-order valence-electron chi connectivity index (χ2n) is 10.2. The molecule has 1 aliphatic rings. The van der Waals surface area contributed by atoms with Gasteiger partial charge >= 0.3 is 0 Å². The minimum Gasteiger partial charge on any atom is -0.455 e. The lowest BCUT2D eigenvalue weighted by Crippen LogP contribution is -1.95. The summed E-state index contributed by atoms with van der Waals surface area (Å²) in [7, 11) is 0. The fraction of sp³-hybridized carbons (Fsp3) is 0.216. The molecule has 1 saturated carbocycles. The molecule has 0 amide bonds. The Morgan fingerprint density at radius 3 is 2.38 bits per heavy atom. The lowest BCUT2D eigenvalue weighted by atomic mass is 9.89. The molecule has 6 aromatic rings. The molecule has 0 unspecified atom stereocenters. The molecule has 0 radical (unpaired) electrons. The van der Waals surface area contributed by atoms with Crippen LogP contribution in [0.3, 0.4) is 0 Å². The van der Waals surface area contributed by atoms with Gasteiger partial charge < -0.3 is 4.42 Å². The third-order valence-electron chi connectivity index (χ3n) is 7.84. The highest BCUT2D eigenvalue weighted by Crippen LogP contribution is 2.39. The van der Waals surface area contributed by atoms with Crippen molar-refractivity contribution in [3.63, 3.8) is 0 Å². The molecule has 0 saturated heterocycles. The van der Waals surface area contributed by atoms with Crippen molar-refractivity contribution in [3.05, 3.63) is 113 Å². The molecule has 39 heavy (non-hydrogen) atoms. The highest BCUT2D eigenvalue weighted by molar-refractivity contribution is 6.09. The van der Waals surface area contributed by atoms with E-state index in [0.717, 1.165) is 23.6 Å². The molecule has 0 N–H and O–H groups in total. The van der Waals surface area contributed by atoms with Crippen LogP contribution in [-0.2, 0) is 0 Å². The van der Waals surface area contributed by atoms with Gasteiger partial charge in [0.05, 0.1) is 5.69 Å². The van der Waals surface area contributed by atoms with E-state index in [9.17, 15) is 0 Å². The molecule has 4 aromatic carbocycles. The molecule has 2 nitrogen and oxygen atoms in total. The summed E-state index contributed by atoms with van der Waals surface area (Å²) in [5, 5.41) is 1.79. The Balaban J connectivity index is 1.42. The normalized spacial score (nSPS) is 19.6. The zero-order chi connectivity index (χ0) is 34.9. The van der Waals surface area contributed by atoms with Gasteiger partial charge in [0, 0.05) is 36.2 Å². The van der Waals surface area contributed by atoms with Crippen LogP contribution in [0, 0.1) is 20.6 Å². The highest BCUT2D eigenvalue weighted by Gasteiger charge is 2.18. The van der Waals surface area contributed by atoms with Crippen LogP contribution in [0.2, 0.25) is 0 Å². The first-order valence-corrected chi connectivity index (χ1v) is 13.3. The number of hydrogen-bond acceptors (Lipinski definition) is 2. The maximum absolute atomic E-state index is 8.94. The molecule has 0 aliphatic heterocycles. The average molecular weight is 518 g/mol. The van der Waals surface area contributed by atoms with Crippen LogP contribution in [0.15, 0.2) is 95.5 Å². The largest absolute Gasteiger partial charge is 0.455 e. The first-order chi connectivity index (χ1) is 23.0. The minimum absolute atomic E-state index is 0.0427. The zero-order valence-electron chi connectivity index (χ0n) is 31.3. The molecule has 1 aliphatic carbocycles. The number of furan rings is 1. The summed E-state index contributed by atoms with van der Waals surface area (Å²) in [5.74, 6) is -0.857. The number of fused-ring (bicyclic) bond motifs is 3. The zero-order valence-corrected chi connectivity index (χ0v) is 21.3. The van der Waals surface area contributed by atoms with E-state index >= 15 is 0 Å². The fourth-order valence-electron chi connectivity index (χ4n) is 5.83. The van der Waals surface area contributed by atoms with Crippen LogP contribution in [-0.4, -0.2) is 4.98 Å². The highest BCUT2D eigenvalue weighted by atomic mass is 16.3. The molecule has 2 heterocycles. The molecular weight excluding hydrogens is 474 g/mol. The van der Waals surface area contributed by atoms with Crippen molar-refractivity contribution in [2.75, 3.05) is 0 Å². The Hall–Kier alpha value is -4.17. The summed E-state index contributed by atoms with van der Waals surface area (Å²) >= 11 is 0. The van der Waals surface area contributed by atoms with E-state index in [1.165, 1.54) is 12.3 Å². The number of aromatic nitrogens is 1. The first kappa shape index (κ1) is 15.4. The van der Waals surface area contributed by atoms with E-state index in [1.54, 1.807) is 36.4 Å². The van der Waals surface area contributed by atoms with Crippen molar-refractivity contribution in [2.45, 2.75) is 52.1 Å². The van der Waals surface area contributed by atoms with Gasteiger partial charge in [-0.25, -0.2) is 0 Å². The number of rotatable bonds is 4. The van der Waals surface area contributed by atoms with Gasteiger partial charge in [-0.15, -0.1) is 0 Å². The second kappa shape index (κ2) is 9.54. The predicted molar refractivity (Wildman–Crippen MR) is 163 cm³/mol. The predicted octanol–water partition coefficient (Wildman–Crippen LogP) is 10.6. The monoisotopic (exact) mass is 517 g/mol. The quantitative estimate of drug-likeness (QED) is 0.232. The SMILES string of the molecule is [2H]C([2H])([2H])c1cc(C2([2H])CCCC2)ccc1-c1ccc(-c2cc(-c3cccc4c3oc3ccccc34)ncc2C([2H])([2H])[2H])c(C([2H])([2H])[2H])c1. The lowest BCUT2D eigenvalue weighted by molar-refractivity contribution is 0.670. The Labute approximate surface area is 244 Å². The van der Waals surface area contributed by atoms with E-state index in [-0.39, 0.29) is 27.8 Å². The lowest BCUT2D eigenvalue weighted by Gasteiger charge is -2.16. The van der Waals surface area contributed by atoms with Gasteiger partial charge in [0.2, 0.25) is 0 Å². The van der Waals surface area contributed by atoms with Gasteiger partial charge in [0.25, 0.3) is 0 Å². The standard InChI is InChI=1S/C37H33NO/c1-23-19-27(26-9-4-5-10-26)15-17-29(23)28-16-18-30(24(2)20-28)34-21-35(38-22-25(34)3)33-13-8-12-32-31-11-6-7-14-36(31)39-37(32)33/h6-8,11-22,26H,4-5,9-10H2,1-3H3/i1D3,2D3,3D3,26D. The summed E-state index contributed by atoms with van der Waals surface area (Å²) in [5.41, 5.74) is 3.80. The summed E-state index contributed by atoms with van der Waals surface area (Å²) in [6, 6.07) is 24.5. The summed E-state index contributed by atoms with van der Waals surface area (Å²) < 4.78 is 90.6. The van der Waals surface area contributed by atoms with Crippen LogP contribution in [0.4, 0.5) is 0 Å². The Morgan fingerprint density at radius 2 is 1.51 bits per heavy atom. The third kappa shape index (κ3) is 4.15. The number of benzene rings is 4. The number of para-hydroxylation sites is 2. The first-order valence-electron chi connectivity index (χ1n) is 18.3. The van der Waals surface area contributed by atoms with Crippen LogP contribution >= 0.6 is 0 Å². The fourth-order valence-corrected chi connectivity index (χ4v) is 5.83. The molecule has 192 valence electrons. The Kier molecular flexibility index (Phi) is 3.77.